The predicted octanol–water partition coefficient (Wildman–Crippen LogP) is 3.93. The molecule has 0 spiro atoms. The molecule has 0 radical (unpaired) electrons. The second kappa shape index (κ2) is 4.99. The molecule has 0 unspecified atom stereocenters. The SMILES string of the molecule is C#CC(=O)c1cccc(-c2ccccc2Br)c1. The van der Waals surface area contributed by atoms with Gasteiger partial charge >= 0.3 is 0 Å². The van der Waals surface area contributed by atoms with E-state index in [-0.39, 0.29) is 5.78 Å². The van der Waals surface area contributed by atoms with Gasteiger partial charge in [0.1, 0.15) is 0 Å². The smallest absolute Gasteiger partial charge is 0.235 e. The van der Waals surface area contributed by atoms with Crippen LogP contribution in [0.15, 0.2) is 53.0 Å². The maximum atomic E-state index is 11.4. The van der Waals surface area contributed by atoms with E-state index in [2.05, 4.69) is 21.9 Å². The lowest BCUT2D eigenvalue weighted by Crippen LogP contribution is -1.94. The molecule has 0 aliphatic rings. The molecule has 17 heavy (non-hydrogen) atoms. The van der Waals surface area contributed by atoms with Gasteiger partial charge in [0.2, 0.25) is 5.78 Å². The molecule has 0 atom stereocenters. The average Bonchev–Trinajstić information content (AvgIpc) is 2.38. The summed E-state index contributed by atoms with van der Waals surface area (Å²) in [6.07, 6.45) is 5.11. The highest BCUT2D eigenvalue weighted by Gasteiger charge is 2.06. The number of hydrogen-bond donors (Lipinski definition) is 0. The molecule has 2 aromatic carbocycles. The van der Waals surface area contributed by atoms with Gasteiger partial charge in [-0.3, -0.25) is 4.79 Å². The first-order valence-corrected chi connectivity index (χ1v) is 5.87. The lowest BCUT2D eigenvalue weighted by Gasteiger charge is -2.05. The van der Waals surface area contributed by atoms with Gasteiger partial charge in [-0.05, 0) is 29.2 Å². The zero-order valence-electron chi connectivity index (χ0n) is 8.98. The zero-order valence-corrected chi connectivity index (χ0v) is 10.6. The van der Waals surface area contributed by atoms with Crippen molar-refractivity contribution < 1.29 is 4.79 Å². The molecule has 82 valence electrons. The molecule has 2 rings (SSSR count). The van der Waals surface area contributed by atoms with Crippen LogP contribution in [0, 0.1) is 12.3 Å². The summed E-state index contributed by atoms with van der Waals surface area (Å²) in [6.45, 7) is 0. The van der Waals surface area contributed by atoms with Crippen LogP contribution in [-0.4, -0.2) is 5.78 Å². The first-order chi connectivity index (χ1) is 8.22. The fraction of sp³-hybridized carbons (Fsp3) is 0. The van der Waals surface area contributed by atoms with Crippen LogP contribution < -0.4 is 0 Å². The largest absolute Gasteiger partial charge is 0.279 e. The topological polar surface area (TPSA) is 17.1 Å². The van der Waals surface area contributed by atoms with E-state index in [1.165, 1.54) is 0 Å². The Kier molecular flexibility index (Phi) is 3.41. The van der Waals surface area contributed by atoms with Gasteiger partial charge in [0.15, 0.2) is 0 Å². The molecular weight excluding hydrogens is 276 g/mol. The second-order valence-corrected chi connectivity index (χ2v) is 4.39. The summed E-state index contributed by atoms with van der Waals surface area (Å²) in [5, 5.41) is 0. The highest BCUT2D eigenvalue weighted by Crippen LogP contribution is 2.28. The number of halogens is 1. The van der Waals surface area contributed by atoms with Crippen molar-refractivity contribution in [2.75, 3.05) is 0 Å². The molecule has 0 bridgehead atoms. The number of carbonyl (C=O) groups excluding carboxylic acids is 1. The third kappa shape index (κ3) is 2.46. The van der Waals surface area contributed by atoms with Gasteiger partial charge in [0.25, 0.3) is 0 Å². The minimum atomic E-state index is -0.293. The summed E-state index contributed by atoms with van der Waals surface area (Å²) < 4.78 is 0.991. The van der Waals surface area contributed by atoms with E-state index in [1.54, 1.807) is 6.07 Å². The minimum absolute atomic E-state index is 0.293. The quantitative estimate of drug-likeness (QED) is 0.464. The number of ketones is 1. The van der Waals surface area contributed by atoms with Crippen molar-refractivity contribution in [2.24, 2.45) is 0 Å². The summed E-state index contributed by atoms with van der Waals surface area (Å²) in [5.41, 5.74) is 2.55. The Bertz CT molecular complexity index is 608. The van der Waals surface area contributed by atoms with Crippen molar-refractivity contribution in [3.05, 3.63) is 58.6 Å². The molecule has 2 heteroatoms. The van der Waals surface area contributed by atoms with Crippen LogP contribution in [0.4, 0.5) is 0 Å². The molecule has 0 aliphatic heterocycles. The Morgan fingerprint density at radius 3 is 2.59 bits per heavy atom. The highest BCUT2D eigenvalue weighted by atomic mass is 79.9. The molecule has 0 saturated carbocycles. The Labute approximate surface area is 109 Å². The Morgan fingerprint density at radius 2 is 1.88 bits per heavy atom. The van der Waals surface area contributed by atoms with Crippen molar-refractivity contribution in [2.45, 2.75) is 0 Å². The first kappa shape index (κ1) is 11.6. The molecule has 2 aromatic rings. The Morgan fingerprint density at radius 1 is 1.12 bits per heavy atom. The summed E-state index contributed by atoms with van der Waals surface area (Å²) in [5.74, 6) is 1.83. The summed E-state index contributed by atoms with van der Waals surface area (Å²) in [6, 6.07) is 15.2. The van der Waals surface area contributed by atoms with E-state index in [0.717, 1.165) is 15.6 Å². The predicted molar refractivity (Wildman–Crippen MR) is 72.7 cm³/mol. The number of benzene rings is 2. The maximum Gasteiger partial charge on any atom is 0.235 e. The van der Waals surface area contributed by atoms with Gasteiger partial charge in [0, 0.05) is 10.0 Å². The van der Waals surface area contributed by atoms with E-state index in [0.29, 0.717) is 5.56 Å². The van der Waals surface area contributed by atoms with Crippen molar-refractivity contribution in [3.63, 3.8) is 0 Å². The van der Waals surface area contributed by atoms with E-state index >= 15 is 0 Å². The van der Waals surface area contributed by atoms with Gasteiger partial charge in [-0.2, -0.15) is 0 Å². The minimum Gasteiger partial charge on any atom is -0.279 e. The molecular formula is C15H9BrO. The van der Waals surface area contributed by atoms with E-state index in [4.69, 9.17) is 6.42 Å². The number of rotatable bonds is 2. The van der Waals surface area contributed by atoms with Gasteiger partial charge in [-0.25, -0.2) is 0 Å². The van der Waals surface area contributed by atoms with Crippen LogP contribution >= 0.6 is 15.9 Å². The van der Waals surface area contributed by atoms with Crippen molar-refractivity contribution >= 4 is 21.7 Å². The van der Waals surface area contributed by atoms with Crippen LogP contribution in [0.1, 0.15) is 10.4 Å². The standard InChI is InChI=1S/C15H9BrO/c1-2-15(17)12-7-5-6-11(10-12)13-8-3-4-9-14(13)16/h1,3-10H. The van der Waals surface area contributed by atoms with Gasteiger partial charge < -0.3 is 0 Å². The lowest BCUT2D eigenvalue weighted by molar-refractivity contribution is 0.105. The van der Waals surface area contributed by atoms with Gasteiger partial charge in [0.05, 0.1) is 0 Å². The molecule has 0 aromatic heterocycles. The maximum absolute atomic E-state index is 11.4. The Hall–Kier alpha value is -1.85. The van der Waals surface area contributed by atoms with E-state index in [1.807, 2.05) is 42.5 Å². The van der Waals surface area contributed by atoms with Gasteiger partial charge in [-0.1, -0.05) is 52.3 Å². The second-order valence-electron chi connectivity index (χ2n) is 3.53. The van der Waals surface area contributed by atoms with Crippen molar-refractivity contribution in [1.82, 2.24) is 0 Å². The molecule has 0 N–H and O–H groups in total. The first-order valence-electron chi connectivity index (χ1n) is 5.08. The van der Waals surface area contributed by atoms with Crippen molar-refractivity contribution in [3.8, 4) is 23.5 Å². The number of carbonyl (C=O) groups is 1. The summed E-state index contributed by atoms with van der Waals surface area (Å²) in [4.78, 5) is 11.4. The zero-order chi connectivity index (χ0) is 12.3. The fourth-order valence-corrected chi connectivity index (χ4v) is 2.12. The number of terminal acetylenes is 1. The van der Waals surface area contributed by atoms with Gasteiger partial charge in [-0.15, -0.1) is 6.42 Å². The molecule has 0 amide bonds. The molecule has 1 nitrogen and oxygen atoms in total. The molecule has 0 saturated heterocycles. The van der Waals surface area contributed by atoms with Crippen LogP contribution in [-0.2, 0) is 0 Å². The summed E-state index contributed by atoms with van der Waals surface area (Å²) in [7, 11) is 0. The highest BCUT2D eigenvalue weighted by molar-refractivity contribution is 9.10. The Balaban J connectivity index is 2.52. The van der Waals surface area contributed by atoms with Crippen molar-refractivity contribution in [1.29, 1.82) is 0 Å². The van der Waals surface area contributed by atoms with E-state index in [9.17, 15) is 4.79 Å². The van der Waals surface area contributed by atoms with Crippen LogP contribution in [0.25, 0.3) is 11.1 Å². The molecule has 0 heterocycles. The van der Waals surface area contributed by atoms with Crippen LogP contribution in [0.2, 0.25) is 0 Å². The monoisotopic (exact) mass is 284 g/mol. The number of Topliss-reactive ketones (excluding diaryl/α,β-unsaturated/α-hetero) is 1. The van der Waals surface area contributed by atoms with Crippen LogP contribution in [0.3, 0.4) is 0 Å². The number of hydrogen-bond acceptors (Lipinski definition) is 1. The summed E-state index contributed by atoms with van der Waals surface area (Å²) >= 11 is 3.49. The third-order valence-corrected chi connectivity index (χ3v) is 3.13. The third-order valence-electron chi connectivity index (χ3n) is 2.44. The van der Waals surface area contributed by atoms with Crippen LogP contribution in [0.5, 0.6) is 0 Å². The lowest BCUT2D eigenvalue weighted by atomic mass is 10.0. The van der Waals surface area contributed by atoms with E-state index < -0.39 is 0 Å². The molecule has 0 aliphatic carbocycles. The fourth-order valence-electron chi connectivity index (χ4n) is 1.61. The molecule has 0 fully saturated rings. The normalized spacial score (nSPS) is 9.65. The average molecular weight is 285 g/mol.